The lowest BCUT2D eigenvalue weighted by Gasteiger charge is -2.12. The van der Waals surface area contributed by atoms with Gasteiger partial charge in [-0.3, -0.25) is 14.8 Å². The molecule has 2 aromatic heterocycles. The van der Waals surface area contributed by atoms with Crippen LogP contribution >= 0.6 is 0 Å². The van der Waals surface area contributed by atoms with Crippen molar-refractivity contribution < 1.29 is 14.4 Å². The molecule has 142 valence electrons. The Labute approximate surface area is 159 Å². The zero-order valence-electron chi connectivity index (χ0n) is 15.0. The first-order valence-corrected chi connectivity index (χ1v) is 8.75. The lowest BCUT2D eigenvalue weighted by molar-refractivity contribution is -0.384. The van der Waals surface area contributed by atoms with Gasteiger partial charge in [0.1, 0.15) is 17.7 Å². The molecule has 1 aliphatic heterocycles. The van der Waals surface area contributed by atoms with Crippen molar-refractivity contribution in [1.29, 1.82) is 0 Å². The van der Waals surface area contributed by atoms with Crippen molar-refractivity contribution in [1.82, 2.24) is 19.7 Å². The van der Waals surface area contributed by atoms with Crippen LogP contribution in [0, 0.1) is 10.1 Å². The van der Waals surface area contributed by atoms with E-state index in [0.717, 1.165) is 29.9 Å². The molecule has 1 N–H and O–H groups in total. The van der Waals surface area contributed by atoms with Crippen LogP contribution in [0.4, 0.5) is 17.3 Å². The predicted molar refractivity (Wildman–Crippen MR) is 98.1 cm³/mol. The van der Waals surface area contributed by atoms with Crippen LogP contribution in [0.2, 0.25) is 0 Å². The SMILES string of the molecule is Cn1cc([N+](=O)[O-])c(Nc2cnc(Oc3cccc4c3C3(CC3)CO4)cn2)n1. The Hall–Kier alpha value is -3.69. The Kier molecular flexibility index (Phi) is 3.48. The van der Waals surface area contributed by atoms with E-state index in [0.29, 0.717) is 18.3 Å². The average Bonchev–Trinajstić information content (AvgIpc) is 3.22. The first-order valence-electron chi connectivity index (χ1n) is 8.75. The maximum absolute atomic E-state index is 11.1. The lowest BCUT2D eigenvalue weighted by atomic mass is 9.97. The highest BCUT2D eigenvalue weighted by atomic mass is 16.6. The molecule has 1 spiro atoms. The molecule has 0 radical (unpaired) electrons. The fourth-order valence-corrected chi connectivity index (χ4v) is 3.44. The summed E-state index contributed by atoms with van der Waals surface area (Å²) >= 11 is 0. The van der Waals surface area contributed by atoms with Gasteiger partial charge in [-0.05, 0) is 25.0 Å². The van der Waals surface area contributed by atoms with Crippen molar-refractivity contribution in [3.8, 4) is 17.4 Å². The summed E-state index contributed by atoms with van der Waals surface area (Å²) < 4.78 is 13.1. The third-order valence-corrected chi connectivity index (χ3v) is 4.97. The molecule has 3 heterocycles. The number of aromatic nitrogens is 4. The monoisotopic (exact) mass is 380 g/mol. The van der Waals surface area contributed by atoms with Crippen LogP contribution in [-0.4, -0.2) is 31.3 Å². The second-order valence-electron chi connectivity index (χ2n) is 6.96. The normalized spacial score (nSPS) is 15.8. The number of aryl methyl sites for hydroxylation is 1. The maximum atomic E-state index is 11.1. The van der Waals surface area contributed by atoms with Gasteiger partial charge in [-0.2, -0.15) is 0 Å². The number of anilines is 2. The molecular formula is C18H16N6O4. The molecule has 1 fully saturated rings. The van der Waals surface area contributed by atoms with E-state index < -0.39 is 4.92 Å². The minimum atomic E-state index is -0.508. The largest absolute Gasteiger partial charge is 0.492 e. The highest BCUT2D eigenvalue weighted by molar-refractivity contribution is 5.62. The maximum Gasteiger partial charge on any atom is 0.331 e. The number of hydrogen-bond acceptors (Lipinski definition) is 8. The lowest BCUT2D eigenvalue weighted by Crippen LogP contribution is -2.08. The van der Waals surface area contributed by atoms with Crippen LogP contribution in [0.3, 0.4) is 0 Å². The smallest absolute Gasteiger partial charge is 0.331 e. The number of nitrogens with zero attached hydrogens (tertiary/aromatic N) is 5. The molecule has 0 amide bonds. The first-order chi connectivity index (χ1) is 13.5. The van der Waals surface area contributed by atoms with Gasteiger partial charge in [0.15, 0.2) is 5.82 Å². The van der Waals surface area contributed by atoms with Gasteiger partial charge in [0, 0.05) is 18.0 Å². The molecule has 0 atom stereocenters. The van der Waals surface area contributed by atoms with E-state index in [4.69, 9.17) is 9.47 Å². The fourth-order valence-electron chi connectivity index (χ4n) is 3.44. The number of nitro groups is 1. The molecule has 0 unspecified atom stereocenters. The third kappa shape index (κ3) is 2.70. The summed E-state index contributed by atoms with van der Waals surface area (Å²) in [7, 11) is 1.61. The third-order valence-electron chi connectivity index (χ3n) is 4.97. The van der Waals surface area contributed by atoms with Crippen LogP contribution in [0.5, 0.6) is 17.4 Å². The molecule has 10 heteroatoms. The summed E-state index contributed by atoms with van der Waals surface area (Å²) in [5.74, 6) is 2.35. The summed E-state index contributed by atoms with van der Waals surface area (Å²) in [6.45, 7) is 0.695. The Bertz CT molecular complexity index is 1070. The molecule has 1 aromatic carbocycles. The van der Waals surface area contributed by atoms with E-state index in [-0.39, 0.29) is 16.9 Å². The summed E-state index contributed by atoms with van der Waals surface area (Å²) in [5.41, 5.74) is 1.04. The molecule has 1 saturated carbocycles. The van der Waals surface area contributed by atoms with Crippen molar-refractivity contribution in [3.05, 3.63) is 52.5 Å². The summed E-state index contributed by atoms with van der Waals surface area (Å²) in [6, 6.07) is 5.74. The first kappa shape index (κ1) is 16.5. The van der Waals surface area contributed by atoms with Gasteiger partial charge in [0.05, 0.1) is 23.9 Å². The van der Waals surface area contributed by atoms with Crippen LogP contribution in [0.1, 0.15) is 18.4 Å². The van der Waals surface area contributed by atoms with Crippen molar-refractivity contribution in [2.24, 2.45) is 7.05 Å². The van der Waals surface area contributed by atoms with Crippen molar-refractivity contribution >= 4 is 17.3 Å². The molecule has 10 nitrogen and oxygen atoms in total. The highest BCUT2D eigenvalue weighted by Gasteiger charge is 2.52. The van der Waals surface area contributed by atoms with Gasteiger partial charge in [0.2, 0.25) is 11.7 Å². The number of fused-ring (bicyclic) bond motifs is 2. The van der Waals surface area contributed by atoms with E-state index in [1.807, 2.05) is 18.2 Å². The Morgan fingerprint density at radius 2 is 2.18 bits per heavy atom. The number of benzene rings is 1. The quantitative estimate of drug-likeness (QED) is 0.530. The molecular weight excluding hydrogens is 364 g/mol. The molecule has 5 rings (SSSR count). The number of nitrogens with one attached hydrogen (secondary N) is 1. The minimum Gasteiger partial charge on any atom is -0.492 e. The van der Waals surface area contributed by atoms with E-state index in [2.05, 4.69) is 20.4 Å². The second kappa shape index (κ2) is 5.91. The zero-order chi connectivity index (χ0) is 19.3. The number of rotatable bonds is 5. The topological polar surface area (TPSA) is 117 Å². The molecule has 2 aliphatic rings. The van der Waals surface area contributed by atoms with Gasteiger partial charge in [0.25, 0.3) is 0 Å². The van der Waals surface area contributed by atoms with Gasteiger partial charge < -0.3 is 14.8 Å². The molecule has 1 aliphatic carbocycles. The predicted octanol–water partition coefficient (Wildman–Crippen LogP) is 3.08. The fraction of sp³-hybridized carbons (Fsp3) is 0.278. The van der Waals surface area contributed by atoms with Crippen LogP contribution < -0.4 is 14.8 Å². The number of ether oxygens (including phenoxy) is 2. The van der Waals surface area contributed by atoms with Gasteiger partial charge in [-0.1, -0.05) is 6.07 Å². The van der Waals surface area contributed by atoms with Crippen molar-refractivity contribution in [3.63, 3.8) is 0 Å². The second-order valence-corrected chi connectivity index (χ2v) is 6.96. The van der Waals surface area contributed by atoms with Crippen LogP contribution in [0.15, 0.2) is 36.8 Å². The minimum absolute atomic E-state index is 0.0821. The van der Waals surface area contributed by atoms with Gasteiger partial charge in [-0.15, -0.1) is 5.10 Å². The standard InChI is InChI=1S/C18H16N6O4/c1-23-9-11(24(25)26)17(22-23)21-14-7-20-15(8-19-14)28-13-4-2-3-12-16(13)18(5-6-18)10-27-12/h2-4,7-9H,5-6,10H2,1H3,(H,19,21,22). The summed E-state index contributed by atoms with van der Waals surface area (Å²) in [6.07, 6.45) is 6.42. The molecule has 28 heavy (non-hydrogen) atoms. The number of hydrogen-bond donors (Lipinski definition) is 1. The van der Waals surface area contributed by atoms with E-state index in [1.165, 1.54) is 23.3 Å². The van der Waals surface area contributed by atoms with Crippen LogP contribution in [-0.2, 0) is 12.5 Å². The van der Waals surface area contributed by atoms with Crippen molar-refractivity contribution in [2.45, 2.75) is 18.3 Å². The Balaban J connectivity index is 1.36. The van der Waals surface area contributed by atoms with Crippen molar-refractivity contribution in [2.75, 3.05) is 11.9 Å². The van der Waals surface area contributed by atoms with Crippen LogP contribution in [0.25, 0.3) is 0 Å². The summed E-state index contributed by atoms with van der Waals surface area (Å²) in [5, 5.41) is 17.9. The Morgan fingerprint density at radius 3 is 2.89 bits per heavy atom. The Morgan fingerprint density at radius 1 is 1.32 bits per heavy atom. The van der Waals surface area contributed by atoms with Gasteiger partial charge >= 0.3 is 5.69 Å². The van der Waals surface area contributed by atoms with E-state index in [1.54, 1.807) is 7.05 Å². The zero-order valence-corrected chi connectivity index (χ0v) is 15.0. The van der Waals surface area contributed by atoms with E-state index in [9.17, 15) is 10.1 Å². The molecule has 3 aromatic rings. The average molecular weight is 380 g/mol. The molecule has 0 saturated heterocycles. The summed E-state index contributed by atoms with van der Waals surface area (Å²) in [4.78, 5) is 19.0. The van der Waals surface area contributed by atoms with E-state index >= 15 is 0 Å². The molecule has 0 bridgehead atoms. The van der Waals surface area contributed by atoms with Gasteiger partial charge in [-0.25, -0.2) is 9.97 Å². The highest BCUT2D eigenvalue weighted by Crippen LogP contribution is 2.58.